The highest BCUT2D eigenvalue weighted by Crippen LogP contribution is 2.31. The van der Waals surface area contributed by atoms with Gasteiger partial charge in [0.15, 0.2) is 0 Å². The molecule has 0 fully saturated rings. The van der Waals surface area contributed by atoms with E-state index in [-0.39, 0.29) is 11.8 Å². The average Bonchev–Trinajstić information content (AvgIpc) is 3.29. The van der Waals surface area contributed by atoms with Gasteiger partial charge in [0, 0.05) is 30.5 Å². The Hall–Kier alpha value is -4.36. The van der Waals surface area contributed by atoms with Crippen LogP contribution in [0, 0.1) is 0 Å². The second-order valence-electron chi connectivity index (χ2n) is 10.5. The summed E-state index contributed by atoms with van der Waals surface area (Å²) in [5, 5.41) is 0. The highest BCUT2D eigenvalue weighted by Gasteiger charge is 2.28. The van der Waals surface area contributed by atoms with Gasteiger partial charge in [-0.1, -0.05) is 42.5 Å². The standard InChI is InChI=1S/C33H36N4O3/c1-34(2)19-8-20-35(3)33(39)31-18-17-28-23-37(30-12-6-5-9-27(30)22-36(28)31)32(38)25-15-13-24(14-16-25)26-10-7-11-29(21-26)40-4/h5-7,9-18,21H,8,19-20,22-23H2,1-4H3. The summed E-state index contributed by atoms with van der Waals surface area (Å²) in [6.07, 6.45) is 0.907. The number of carbonyl (C=O) groups excluding carboxylic acids is 2. The molecule has 7 heteroatoms. The van der Waals surface area contributed by atoms with Gasteiger partial charge in [-0.05, 0) is 86.2 Å². The van der Waals surface area contributed by atoms with E-state index in [1.54, 1.807) is 12.0 Å². The summed E-state index contributed by atoms with van der Waals surface area (Å²) in [5.74, 6) is 0.711. The zero-order chi connectivity index (χ0) is 28.2. The van der Waals surface area contributed by atoms with Crippen LogP contribution in [0.4, 0.5) is 5.69 Å². The van der Waals surface area contributed by atoms with Crippen LogP contribution in [-0.2, 0) is 13.1 Å². The molecule has 0 saturated carbocycles. The summed E-state index contributed by atoms with van der Waals surface area (Å²) in [6.45, 7) is 2.52. The minimum atomic E-state index is -0.0760. The Morgan fingerprint density at radius 1 is 0.825 bits per heavy atom. The number of carbonyl (C=O) groups is 2. The summed E-state index contributed by atoms with van der Waals surface area (Å²) in [6, 6.07) is 27.4. The van der Waals surface area contributed by atoms with Crippen molar-refractivity contribution in [1.82, 2.24) is 14.4 Å². The van der Waals surface area contributed by atoms with E-state index in [2.05, 4.69) is 9.47 Å². The third kappa shape index (κ3) is 5.65. The largest absolute Gasteiger partial charge is 0.497 e. The molecule has 0 aliphatic carbocycles. The molecule has 2 heterocycles. The Balaban J connectivity index is 1.41. The van der Waals surface area contributed by atoms with Crippen LogP contribution in [0.5, 0.6) is 5.75 Å². The first-order valence-corrected chi connectivity index (χ1v) is 13.6. The maximum atomic E-state index is 13.9. The molecule has 1 aliphatic heterocycles. The minimum absolute atomic E-state index is 0.00426. The van der Waals surface area contributed by atoms with Gasteiger partial charge in [-0.2, -0.15) is 0 Å². The van der Waals surface area contributed by atoms with Gasteiger partial charge in [-0.3, -0.25) is 9.59 Å². The Morgan fingerprint density at radius 3 is 2.35 bits per heavy atom. The first kappa shape index (κ1) is 27.2. The molecular weight excluding hydrogens is 500 g/mol. The fourth-order valence-corrected chi connectivity index (χ4v) is 5.21. The van der Waals surface area contributed by atoms with Gasteiger partial charge in [-0.25, -0.2) is 0 Å². The second kappa shape index (κ2) is 11.8. The molecule has 0 N–H and O–H groups in total. The lowest BCUT2D eigenvalue weighted by atomic mass is 10.0. The fraction of sp³-hybridized carbons (Fsp3) is 0.273. The molecule has 0 unspecified atom stereocenters. The average molecular weight is 537 g/mol. The molecule has 1 aromatic heterocycles. The van der Waals surface area contributed by atoms with Crippen LogP contribution in [0.15, 0.2) is 84.9 Å². The molecule has 0 bridgehead atoms. The number of benzene rings is 3. The van der Waals surface area contributed by atoms with Crippen molar-refractivity contribution in [3.05, 3.63) is 107 Å². The molecular formula is C33H36N4O3. The van der Waals surface area contributed by atoms with E-state index in [9.17, 15) is 9.59 Å². The number of fused-ring (bicyclic) bond motifs is 2. The molecule has 1 aliphatic rings. The molecule has 2 amide bonds. The fourth-order valence-electron chi connectivity index (χ4n) is 5.21. The number of hydrogen-bond acceptors (Lipinski definition) is 4. The molecule has 7 nitrogen and oxygen atoms in total. The zero-order valence-corrected chi connectivity index (χ0v) is 23.6. The van der Waals surface area contributed by atoms with Crippen molar-refractivity contribution in [3.8, 4) is 16.9 Å². The molecule has 4 aromatic rings. The van der Waals surface area contributed by atoms with E-state index in [0.29, 0.717) is 30.9 Å². The summed E-state index contributed by atoms with van der Waals surface area (Å²) in [7, 11) is 7.58. The first-order chi connectivity index (χ1) is 19.4. The van der Waals surface area contributed by atoms with Crippen LogP contribution >= 0.6 is 0 Å². The van der Waals surface area contributed by atoms with Gasteiger partial charge in [0.25, 0.3) is 11.8 Å². The van der Waals surface area contributed by atoms with Crippen molar-refractivity contribution in [3.63, 3.8) is 0 Å². The zero-order valence-electron chi connectivity index (χ0n) is 23.6. The molecule has 0 atom stereocenters. The number of ether oxygens (including phenoxy) is 1. The van der Waals surface area contributed by atoms with Crippen molar-refractivity contribution in [2.75, 3.05) is 46.2 Å². The third-order valence-corrected chi connectivity index (χ3v) is 7.45. The van der Waals surface area contributed by atoms with Crippen molar-refractivity contribution >= 4 is 17.5 Å². The van der Waals surface area contributed by atoms with Crippen molar-refractivity contribution < 1.29 is 14.3 Å². The smallest absolute Gasteiger partial charge is 0.270 e. The van der Waals surface area contributed by atoms with Gasteiger partial charge < -0.3 is 24.0 Å². The Morgan fingerprint density at radius 2 is 1.60 bits per heavy atom. The summed E-state index contributed by atoms with van der Waals surface area (Å²) in [5.41, 5.74) is 6.10. The lowest BCUT2D eigenvalue weighted by molar-refractivity contribution is 0.0780. The number of para-hydroxylation sites is 1. The van der Waals surface area contributed by atoms with Crippen molar-refractivity contribution in [1.29, 1.82) is 0 Å². The SMILES string of the molecule is COc1cccc(-c2ccc(C(=O)N3Cc4ccc(C(=O)N(C)CCCN(C)C)n4Cc4ccccc43)cc2)c1. The van der Waals surface area contributed by atoms with Gasteiger partial charge in [0.05, 0.1) is 20.2 Å². The molecule has 5 rings (SSSR count). The summed E-state index contributed by atoms with van der Waals surface area (Å²) < 4.78 is 7.42. The maximum Gasteiger partial charge on any atom is 0.270 e. The predicted octanol–water partition coefficient (Wildman–Crippen LogP) is 5.40. The number of anilines is 1. The quantitative estimate of drug-likeness (QED) is 0.303. The van der Waals surface area contributed by atoms with E-state index >= 15 is 0 Å². The van der Waals surface area contributed by atoms with Gasteiger partial charge in [0.2, 0.25) is 0 Å². The summed E-state index contributed by atoms with van der Waals surface area (Å²) in [4.78, 5) is 33.1. The van der Waals surface area contributed by atoms with Crippen molar-refractivity contribution in [2.45, 2.75) is 19.5 Å². The number of methoxy groups -OCH3 is 1. The number of hydrogen-bond donors (Lipinski definition) is 0. The van der Waals surface area contributed by atoms with Crippen LogP contribution in [-0.4, -0.2) is 67.5 Å². The topological polar surface area (TPSA) is 58.0 Å². The molecule has 3 aromatic carbocycles. The monoisotopic (exact) mass is 536 g/mol. The van der Waals surface area contributed by atoms with E-state index in [1.165, 1.54) is 0 Å². The van der Waals surface area contributed by atoms with Crippen LogP contribution in [0.2, 0.25) is 0 Å². The maximum absolute atomic E-state index is 13.9. The van der Waals surface area contributed by atoms with Crippen LogP contribution < -0.4 is 9.64 Å². The number of nitrogens with zero attached hydrogens (tertiary/aromatic N) is 4. The molecule has 0 spiro atoms. The minimum Gasteiger partial charge on any atom is -0.497 e. The lowest BCUT2D eigenvalue weighted by Crippen LogP contribution is -2.32. The summed E-state index contributed by atoms with van der Waals surface area (Å²) >= 11 is 0. The van der Waals surface area contributed by atoms with E-state index in [0.717, 1.165) is 46.8 Å². The molecule has 40 heavy (non-hydrogen) atoms. The highest BCUT2D eigenvalue weighted by atomic mass is 16.5. The lowest BCUT2D eigenvalue weighted by Gasteiger charge is -2.23. The van der Waals surface area contributed by atoms with Crippen LogP contribution in [0.25, 0.3) is 11.1 Å². The highest BCUT2D eigenvalue weighted by molar-refractivity contribution is 6.06. The first-order valence-electron chi connectivity index (χ1n) is 13.6. The molecule has 0 radical (unpaired) electrons. The third-order valence-electron chi connectivity index (χ3n) is 7.45. The number of rotatable bonds is 8. The Labute approximate surface area is 236 Å². The van der Waals surface area contributed by atoms with Crippen molar-refractivity contribution in [2.24, 2.45) is 0 Å². The van der Waals surface area contributed by atoms with E-state index in [1.807, 2.05) is 111 Å². The Bertz CT molecular complexity index is 1510. The van der Waals surface area contributed by atoms with Gasteiger partial charge >= 0.3 is 0 Å². The normalized spacial score (nSPS) is 12.5. The van der Waals surface area contributed by atoms with E-state index in [4.69, 9.17) is 4.74 Å². The second-order valence-corrected chi connectivity index (χ2v) is 10.5. The van der Waals surface area contributed by atoms with Crippen LogP contribution in [0.1, 0.15) is 38.5 Å². The number of amides is 2. The molecule has 0 saturated heterocycles. The Kier molecular flexibility index (Phi) is 8.03. The number of aromatic nitrogens is 1. The van der Waals surface area contributed by atoms with E-state index < -0.39 is 0 Å². The van der Waals surface area contributed by atoms with Crippen LogP contribution in [0.3, 0.4) is 0 Å². The molecule has 206 valence electrons. The predicted molar refractivity (Wildman–Crippen MR) is 159 cm³/mol. The van der Waals surface area contributed by atoms with Gasteiger partial charge in [-0.15, -0.1) is 0 Å². The van der Waals surface area contributed by atoms with Gasteiger partial charge in [0.1, 0.15) is 11.4 Å².